The molecule has 0 saturated carbocycles. The van der Waals surface area contributed by atoms with Gasteiger partial charge in [0.05, 0.1) is 0 Å². The highest BCUT2D eigenvalue weighted by atomic mass is 35.5. The summed E-state index contributed by atoms with van der Waals surface area (Å²) in [5.41, 5.74) is 4.06. The number of carbonyl (C=O) groups is 1. The zero-order valence-corrected chi connectivity index (χ0v) is 13.0. The second-order valence-electron chi connectivity index (χ2n) is 4.90. The van der Waals surface area contributed by atoms with Gasteiger partial charge in [0.2, 0.25) is 0 Å². The molecule has 0 aliphatic heterocycles. The van der Waals surface area contributed by atoms with Crippen LogP contribution in [0.4, 0.5) is 10.5 Å². The van der Waals surface area contributed by atoms with Gasteiger partial charge in [-0.05, 0) is 42.2 Å². The van der Waals surface area contributed by atoms with Crippen LogP contribution < -0.4 is 10.6 Å². The number of urea groups is 1. The maximum absolute atomic E-state index is 12.0. The van der Waals surface area contributed by atoms with Crippen molar-refractivity contribution in [3.8, 4) is 0 Å². The molecule has 0 aromatic heterocycles. The van der Waals surface area contributed by atoms with E-state index >= 15 is 0 Å². The Hall–Kier alpha value is -2.00. The van der Waals surface area contributed by atoms with Crippen molar-refractivity contribution >= 4 is 23.3 Å². The van der Waals surface area contributed by atoms with Gasteiger partial charge in [0.1, 0.15) is 0 Å². The molecule has 21 heavy (non-hydrogen) atoms. The van der Waals surface area contributed by atoms with Gasteiger partial charge in [-0.15, -0.1) is 0 Å². The zero-order valence-electron chi connectivity index (χ0n) is 12.2. The molecule has 4 heteroatoms. The number of anilines is 1. The molecule has 2 amide bonds. The maximum atomic E-state index is 12.0. The molecule has 2 rings (SSSR count). The first kappa shape index (κ1) is 15.4. The largest absolute Gasteiger partial charge is 0.334 e. The molecule has 0 unspecified atom stereocenters. The molecular formula is C17H19ClN2O. The minimum Gasteiger partial charge on any atom is -0.334 e. The summed E-state index contributed by atoms with van der Waals surface area (Å²) in [4.78, 5) is 12.0. The van der Waals surface area contributed by atoms with Crippen LogP contribution in [0.5, 0.6) is 0 Å². The van der Waals surface area contributed by atoms with Crippen LogP contribution in [0.2, 0.25) is 5.02 Å². The van der Waals surface area contributed by atoms with Crippen molar-refractivity contribution in [3.05, 3.63) is 64.2 Å². The predicted molar refractivity (Wildman–Crippen MR) is 87.9 cm³/mol. The molecule has 0 heterocycles. The molecular weight excluding hydrogens is 284 g/mol. The van der Waals surface area contributed by atoms with Gasteiger partial charge in [-0.1, -0.05) is 48.9 Å². The van der Waals surface area contributed by atoms with Gasteiger partial charge < -0.3 is 10.6 Å². The third-order valence-electron chi connectivity index (χ3n) is 3.32. The number of para-hydroxylation sites is 1. The fraction of sp³-hybridized carbons (Fsp3) is 0.235. The highest BCUT2D eigenvalue weighted by Gasteiger charge is 2.08. The molecule has 0 spiro atoms. The lowest BCUT2D eigenvalue weighted by molar-refractivity contribution is 0.251. The Morgan fingerprint density at radius 2 is 1.95 bits per heavy atom. The van der Waals surface area contributed by atoms with Gasteiger partial charge in [0.15, 0.2) is 0 Å². The highest BCUT2D eigenvalue weighted by molar-refractivity contribution is 6.30. The minimum absolute atomic E-state index is 0.209. The SMILES string of the molecule is CCc1cccc(C)c1NC(=O)NCc1cccc(Cl)c1. The maximum Gasteiger partial charge on any atom is 0.319 e. The second kappa shape index (κ2) is 7.14. The summed E-state index contributed by atoms with van der Waals surface area (Å²) in [7, 11) is 0. The van der Waals surface area contributed by atoms with Crippen LogP contribution in [-0.2, 0) is 13.0 Å². The molecule has 0 aliphatic carbocycles. The minimum atomic E-state index is -0.209. The number of carbonyl (C=O) groups excluding carboxylic acids is 1. The number of amides is 2. The van der Waals surface area contributed by atoms with Crippen molar-refractivity contribution in [1.82, 2.24) is 5.32 Å². The van der Waals surface area contributed by atoms with Crippen LogP contribution in [0.3, 0.4) is 0 Å². The molecule has 110 valence electrons. The van der Waals surface area contributed by atoms with Gasteiger partial charge in [-0.2, -0.15) is 0 Å². The van der Waals surface area contributed by atoms with Crippen molar-refractivity contribution in [3.63, 3.8) is 0 Å². The van der Waals surface area contributed by atoms with Crippen molar-refractivity contribution in [1.29, 1.82) is 0 Å². The summed E-state index contributed by atoms with van der Waals surface area (Å²) < 4.78 is 0. The van der Waals surface area contributed by atoms with Gasteiger partial charge in [-0.3, -0.25) is 0 Å². The average Bonchev–Trinajstić information content (AvgIpc) is 2.47. The van der Waals surface area contributed by atoms with E-state index in [1.54, 1.807) is 0 Å². The zero-order chi connectivity index (χ0) is 15.2. The van der Waals surface area contributed by atoms with E-state index in [1.807, 2.05) is 49.4 Å². The number of aryl methyl sites for hydroxylation is 2. The van der Waals surface area contributed by atoms with Gasteiger partial charge in [0, 0.05) is 17.3 Å². The van der Waals surface area contributed by atoms with Crippen LogP contribution in [0.25, 0.3) is 0 Å². The van der Waals surface area contributed by atoms with Gasteiger partial charge in [-0.25, -0.2) is 4.79 Å². The lowest BCUT2D eigenvalue weighted by Crippen LogP contribution is -2.28. The lowest BCUT2D eigenvalue weighted by Gasteiger charge is -2.13. The first-order valence-electron chi connectivity index (χ1n) is 6.98. The first-order chi connectivity index (χ1) is 10.1. The van der Waals surface area contributed by atoms with E-state index in [-0.39, 0.29) is 6.03 Å². The number of hydrogen-bond donors (Lipinski definition) is 2. The average molecular weight is 303 g/mol. The fourth-order valence-corrected chi connectivity index (χ4v) is 2.40. The van der Waals surface area contributed by atoms with Crippen molar-refractivity contribution in [2.24, 2.45) is 0 Å². The van der Waals surface area contributed by atoms with E-state index in [4.69, 9.17) is 11.6 Å². The van der Waals surface area contributed by atoms with E-state index in [1.165, 1.54) is 0 Å². The Balaban J connectivity index is 1.99. The fourth-order valence-electron chi connectivity index (χ4n) is 2.19. The molecule has 0 saturated heterocycles. The second-order valence-corrected chi connectivity index (χ2v) is 5.34. The van der Waals surface area contributed by atoms with Crippen molar-refractivity contribution in [2.75, 3.05) is 5.32 Å². The van der Waals surface area contributed by atoms with Crippen LogP contribution in [0.15, 0.2) is 42.5 Å². The lowest BCUT2D eigenvalue weighted by atomic mass is 10.1. The quantitative estimate of drug-likeness (QED) is 0.856. The van der Waals surface area contributed by atoms with Crippen LogP contribution in [0.1, 0.15) is 23.6 Å². The third kappa shape index (κ3) is 4.23. The Labute approximate surface area is 130 Å². The van der Waals surface area contributed by atoms with Gasteiger partial charge >= 0.3 is 6.03 Å². The van der Waals surface area contributed by atoms with Crippen LogP contribution >= 0.6 is 11.6 Å². The molecule has 0 radical (unpaired) electrons. The Morgan fingerprint density at radius 1 is 1.19 bits per heavy atom. The predicted octanol–water partition coefficient (Wildman–Crippen LogP) is 4.53. The smallest absolute Gasteiger partial charge is 0.319 e. The summed E-state index contributed by atoms with van der Waals surface area (Å²) >= 11 is 5.92. The topological polar surface area (TPSA) is 41.1 Å². The Kier molecular flexibility index (Phi) is 5.23. The summed E-state index contributed by atoms with van der Waals surface area (Å²) in [5.74, 6) is 0. The Morgan fingerprint density at radius 3 is 2.67 bits per heavy atom. The molecule has 2 N–H and O–H groups in total. The molecule has 2 aromatic rings. The first-order valence-corrected chi connectivity index (χ1v) is 7.35. The summed E-state index contributed by atoms with van der Waals surface area (Å²) in [5, 5.41) is 6.44. The number of rotatable bonds is 4. The summed E-state index contributed by atoms with van der Waals surface area (Å²) in [6.45, 7) is 4.51. The molecule has 0 fully saturated rings. The van der Waals surface area contributed by atoms with E-state index in [0.717, 1.165) is 28.8 Å². The molecule has 2 aromatic carbocycles. The third-order valence-corrected chi connectivity index (χ3v) is 3.56. The molecule has 0 atom stereocenters. The van der Waals surface area contributed by atoms with E-state index in [0.29, 0.717) is 11.6 Å². The molecule has 0 bridgehead atoms. The number of halogens is 1. The summed E-state index contributed by atoms with van der Waals surface area (Å²) in [6, 6.07) is 13.3. The van der Waals surface area contributed by atoms with Crippen LogP contribution in [-0.4, -0.2) is 6.03 Å². The normalized spacial score (nSPS) is 10.2. The van der Waals surface area contributed by atoms with E-state index in [2.05, 4.69) is 17.6 Å². The monoisotopic (exact) mass is 302 g/mol. The highest BCUT2D eigenvalue weighted by Crippen LogP contribution is 2.20. The summed E-state index contributed by atoms with van der Waals surface area (Å²) in [6.07, 6.45) is 0.881. The van der Waals surface area contributed by atoms with Gasteiger partial charge in [0.25, 0.3) is 0 Å². The van der Waals surface area contributed by atoms with E-state index in [9.17, 15) is 4.79 Å². The Bertz CT molecular complexity index is 640. The standard InChI is InChI=1S/C17H19ClN2O/c1-3-14-8-4-6-12(2)16(14)20-17(21)19-11-13-7-5-9-15(18)10-13/h4-10H,3,11H2,1-2H3,(H2,19,20,21). The number of nitrogens with one attached hydrogen (secondary N) is 2. The molecule has 0 aliphatic rings. The number of benzene rings is 2. The van der Waals surface area contributed by atoms with Crippen molar-refractivity contribution < 1.29 is 4.79 Å². The number of hydrogen-bond acceptors (Lipinski definition) is 1. The van der Waals surface area contributed by atoms with Crippen molar-refractivity contribution in [2.45, 2.75) is 26.8 Å². The van der Waals surface area contributed by atoms with E-state index < -0.39 is 0 Å². The van der Waals surface area contributed by atoms with Crippen LogP contribution in [0, 0.1) is 6.92 Å². The molecule has 3 nitrogen and oxygen atoms in total.